The highest BCUT2D eigenvalue weighted by atomic mass is 14.9. The molecular formula is C13H28N2. The van der Waals surface area contributed by atoms with Gasteiger partial charge in [-0.15, -0.1) is 0 Å². The fourth-order valence-corrected chi connectivity index (χ4v) is 2.48. The molecule has 1 saturated carbocycles. The summed E-state index contributed by atoms with van der Waals surface area (Å²) in [5, 5.41) is 3.58. The lowest BCUT2D eigenvalue weighted by Gasteiger charge is -2.17. The summed E-state index contributed by atoms with van der Waals surface area (Å²) in [4.78, 5) is 0. The molecule has 3 N–H and O–H groups in total. The average Bonchev–Trinajstić information content (AvgIpc) is 2.31. The lowest BCUT2D eigenvalue weighted by molar-refractivity contribution is 0.426. The van der Waals surface area contributed by atoms with Gasteiger partial charge in [-0.05, 0) is 12.8 Å². The van der Waals surface area contributed by atoms with Crippen molar-refractivity contribution in [1.82, 2.24) is 5.32 Å². The van der Waals surface area contributed by atoms with Gasteiger partial charge in [0.1, 0.15) is 0 Å². The number of rotatable bonds is 3. The molecule has 0 aromatic carbocycles. The quantitative estimate of drug-likeness (QED) is 0.755. The van der Waals surface area contributed by atoms with E-state index in [2.05, 4.69) is 5.32 Å². The van der Waals surface area contributed by atoms with Crippen LogP contribution in [0.1, 0.15) is 64.2 Å². The predicted molar refractivity (Wildman–Crippen MR) is 67.0 cm³/mol. The van der Waals surface area contributed by atoms with Crippen molar-refractivity contribution >= 4 is 0 Å². The molecule has 1 aliphatic rings. The molecule has 1 rings (SSSR count). The van der Waals surface area contributed by atoms with Gasteiger partial charge in [0, 0.05) is 19.1 Å². The first-order chi connectivity index (χ1) is 7.43. The van der Waals surface area contributed by atoms with E-state index in [0.717, 1.165) is 19.1 Å². The zero-order valence-corrected chi connectivity index (χ0v) is 10.1. The highest BCUT2D eigenvalue weighted by Gasteiger charge is 2.08. The fraction of sp³-hybridized carbons (Fsp3) is 1.00. The zero-order chi connectivity index (χ0) is 10.8. The standard InChI is InChI=1S/C13H28N2/c14-11-12-15-13-9-7-5-3-1-2-4-6-8-10-13/h13,15H,1-12,14H2. The third kappa shape index (κ3) is 6.91. The molecule has 0 radical (unpaired) electrons. The molecule has 0 aromatic heterocycles. The highest BCUT2D eigenvalue weighted by Crippen LogP contribution is 2.16. The van der Waals surface area contributed by atoms with Crippen LogP contribution in [-0.4, -0.2) is 19.1 Å². The molecule has 0 amide bonds. The van der Waals surface area contributed by atoms with Gasteiger partial charge in [-0.3, -0.25) is 0 Å². The molecular weight excluding hydrogens is 184 g/mol. The molecule has 2 heteroatoms. The average molecular weight is 212 g/mol. The van der Waals surface area contributed by atoms with Crippen molar-refractivity contribution < 1.29 is 0 Å². The third-order valence-electron chi connectivity index (χ3n) is 3.43. The molecule has 0 unspecified atom stereocenters. The van der Waals surface area contributed by atoms with E-state index in [0.29, 0.717) is 0 Å². The van der Waals surface area contributed by atoms with E-state index in [1.165, 1.54) is 64.2 Å². The Bertz CT molecular complexity index is 124. The van der Waals surface area contributed by atoms with E-state index in [-0.39, 0.29) is 0 Å². The maximum Gasteiger partial charge on any atom is 0.00770 e. The predicted octanol–water partition coefficient (Wildman–Crippen LogP) is 2.82. The van der Waals surface area contributed by atoms with Crippen molar-refractivity contribution in [3.05, 3.63) is 0 Å². The van der Waals surface area contributed by atoms with Crippen molar-refractivity contribution in [3.8, 4) is 0 Å². The van der Waals surface area contributed by atoms with Gasteiger partial charge in [0.25, 0.3) is 0 Å². The van der Waals surface area contributed by atoms with Crippen LogP contribution in [-0.2, 0) is 0 Å². The first-order valence-corrected chi connectivity index (χ1v) is 6.87. The second-order valence-electron chi connectivity index (χ2n) is 4.85. The summed E-state index contributed by atoms with van der Waals surface area (Å²) >= 11 is 0. The summed E-state index contributed by atoms with van der Waals surface area (Å²) in [6.45, 7) is 1.77. The Morgan fingerprint density at radius 2 is 1.27 bits per heavy atom. The second kappa shape index (κ2) is 9.17. The van der Waals surface area contributed by atoms with Gasteiger partial charge in [-0.1, -0.05) is 51.4 Å². The Balaban J connectivity index is 2.19. The molecule has 0 saturated heterocycles. The van der Waals surface area contributed by atoms with Crippen LogP contribution in [0.5, 0.6) is 0 Å². The smallest absolute Gasteiger partial charge is 0.00770 e. The zero-order valence-electron chi connectivity index (χ0n) is 10.1. The first-order valence-electron chi connectivity index (χ1n) is 6.87. The van der Waals surface area contributed by atoms with Crippen molar-refractivity contribution in [3.63, 3.8) is 0 Å². The summed E-state index contributed by atoms with van der Waals surface area (Å²) in [6, 6.07) is 0.742. The van der Waals surface area contributed by atoms with E-state index in [1.54, 1.807) is 0 Å². The second-order valence-corrected chi connectivity index (χ2v) is 4.85. The molecule has 1 aliphatic carbocycles. The van der Waals surface area contributed by atoms with E-state index in [1.807, 2.05) is 0 Å². The van der Waals surface area contributed by atoms with Crippen molar-refractivity contribution in [2.75, 3.05) is 13.1 Å². The molecule has 0 atom stereocenters. The van der Waals surface area contributed by atoms with Crippen molar-refractivity contribution in [1.29, 1.82) is 0 Å². The fourth-order valence-electron chi connectivity index (χ4n) is 2.48. The van der Waals surface area contributed by atoms with Gasteiger partial charge in [-0.25, -0.2) is 0 Å². The molecule has 0 aromatic rings. The Morgan fingerprint density at radius 3 is 1.73 bits per heavy atom. The van der Waals surface area contributed by atoms with Crippen molar-refractivity contribution in [2.45, 2.75) is 70.3 Å². The van der Waals surface area contributed by atoms with Gasteiger partial charge in [-0.2, -0.15) is 0 Å². The molecule has 15 heavy (non-hydrogen) atoms. The van der Waals surface area contributed by atoms with Gasteiger partial charge >= 0.3 is 0 Å². The van der Waals surface area contributed by atoms with Crippen LogP contribution in [0.15, 0.2) is 0 Å². The minimum absolute atomic E-state index is 0.742. The molecule has 0 bridgehead atoms. The van der Waals surface area contributed by atoms with Crippen LogP contribution < -0.4 is 11.1 Å². The SMILES string of the molecule is NCCNC1CCCCCCCCCC1. The molecule has 1 fully saturated rings. The molecule has 0 spiro atoms. The monoisotopic (exact) mass is 212 g/mol. The van der Waals surface area contributed by atoms with E-state index < -0.39 is 0 Å². The Labute approximate surface area is 95.0 Å². The number of nitrogens with one attached hydrogen (secondary N) is 1. The third-order valence-corrected chi connectivity index (χ3v) is 3.43. The van der Waals surface area contributed by atoms with Crippen LogP contribution >= 0.6 is 0 Å². The van der Waals surface area contributed by atoms with Gasteiger partial charge in [0.15, 0.2) is 0 Å². The summed E-state index contributed by atoms with van der Waals surface area (Å²) in [5.41, 5.74) is 5.53. The summed E-state index contributed by atoms with van der Waals surface area (Å²) < 4.78 is 0. The van der Waals surface area contributed by atoms with Crippen LogP contribution in [0.4, 0.5) is 0 Å². The van der Waals surface area contributed by atoms with Crippen LogP contribution in [0.2, 0.25) is 0 Å². The van der Waals surface area contributed by atoms with Gasteiger partial charge in [0.2, 0.25) is 0 Å². The Kier molecular flexibility index (Phi) is 7.94. The minimum atomic E-state index is 0.742. The topological polar surface area (TPSA) is 38.0 Å². The normalized spacial score (nSPS) is 22.2. The van der Waals surface area contributed by atoms with E-state index in [9.17, 15) is 0 Å². The summed E-state index contributed by atoms with van der Waals surface area (Å²) in [7, 11) is 0. The maximum atomic E-state index is 5.53. The number of hydrogen-bond donors (Lipinski definition) is 2. The summed E-state index contributed by atoms with van der Waals surface area (Å²) in [6.07, 6.45) is 14.2. The lowest BCUT2D eigenvalue weighted by Crippen LogP contribution is -2.33. The number of hydrogen-bond acceptors (Lipinski definition) is 2. The lowest BCUT2D eigenvalue weighted by atomic mass is 10.0. The van der Waals surface area contributed by atoms with E-state index in [4.69, 9.17) is 5.73 Å². The highest BCUT2D eigenvalue weighted by molar-refractivity contribution is 4.68. The maximum absolute atomic E-state index is 5.53. The number of nitrogens with two attached hydrogens (primary N) is 1. The minimum Gasteiger partial charge on any atom is -0.329 e. The van der Waals surface area contributed by atoms with Crippen LogP contribution in [0.3, 0.4) is 0 Å². The van der Waals surface area contributed by atoms with Gasteiger partial charge in [0.05, 0.1) is 0 Å². The molecule has 0 heterocycles. The largest absolute Gasteiger partial charge is 0.329 e. The molecule has 90 valence electrons. The summed E-state index contributed by atoms with van der Waals surface area (Å²) in [5.74, 6) is 0. The molecule has 2 nitrogen and oxygen atoms in total. The van der Waals surface area contributed by atoms with E-state index >= 15 is 0 Å². The molecule has 0 aliphatic heterocycles. The first kappa shape index (κ1) is 13.0. The Morgan fingerprint density at radius 1 is 0.800 bits per heavy atom. The van der Waals surface area contributed by atoms with Gasteiger partial charge < -0.3 is 11.1 Å². The Hall–Kier alpha value is -0.0800. The van der Waals surface area contributed by atoms with Crippen molar-refractivity contribution in [2.24, 2.45) is 5.73 Å². The van der Waals surface area contributed by atoms with Crippen LogP contribution in [0.25, 0.3) is 0 Å². The van der Waals surface area contributed by atoms with Crippen LogP contribution in [0, 0.1) is 0 Å².